The summed E-state index contributed by atoms with van der Waals surface area (Å²) in [6.07, 6.45) is 0. The Bertz CT molecular complexity index is 823. The molecule has 5 nitrogen and oxygen atoms in total. The van der Waals surface area contributed by atoms with Crippen molar-refractivity contribution >= 4 is 23.3 Å². The Hall–Kier alpha value is -2.53. The largest absolute Gasteiger partial charge is 0.488 e. The van der Waals surface area contributed by atoms with Gasteiger partial charge in [-0.3, -0.25) is 0 Å². The van der Waals surface area contributed by atoms with Gasteiger partial charge in [-0.25, -0.2) is 4.79 Å². The molecule has 144 valence electrons. The second-order valence-electron chi connectivity index (χ2n) is 7.14. The summed E-state index contributed by atoms with van der Waals surface area (Å²) >= 11 is 6.00. The molecule has 0 heterocycles. The van der Waals surface area contributed by atoms with Crippen molar-refractivity contribution in [3.05, 3.63) is 64.2 Å². The number of aromatic carboxylic acids is 1. The summed E-state index contributed by atoms with van der Waals surface area (Å²) in [4.78, 5) is 16.2. The third-order valence-electron chi connectivity index (χ3n) is 3.98. The quantitative estimate of drug-likeness (QED) is 0.403. The van der Waals surface area contributed by atoms with E-state index in [0.29, 0.717) is 5.75 Å². The van der Waals surface area contributed by atoms with E-state index in [1.165, 1.54) is 23.8 Å². The van der Waals surface area contributed by atoms with Crippen molar-refractivity contribution in [1.29, 1.82) is 0 Å². The van der Waals surface area contributed by atoms with Crippen LogP contribution in [0.1, 0.15) is 49.2 Å². The lowest BCUT2D eigenvalue weighted by Crippen LogP contribution is -2.11. The van der Waals surface area contributed by atoms with Gasteiger partial charge < -0.3 is 14.7 Å². The number of oxime groups is 1. The SMILES string of the molecule is C/C(=N\OCCOc1ccc(C(=O)O)cc1Cl)c1ccc(C(C)(C)C)cc1. The average Bonchev–Trinajstić information content (AvgIpc) is 2.61. The van der Waals surface area contributed by atoms with Gasteiger partial charge in [0.1, 0.15) is 12.4 Å². The molecule has 0 atom stereocenters. The number of hydrogen-bond acceptors (Lipinski definition) is 4. The van der Waals surface area contributed by atoms with E-state index in [-0.39, 0.29) is 29.2 Å². The molecule has 6 heteroatoms. The van der Waals surface area contributed by atoms with Crippen LogP contribution in [0.2, 0.25) is 5.02 Å². The third-order valence-corrected chi connectivity index (χ3v) is 4.28. The molecule has 0 aliphatic carbocycles. The molecule has 0 amide bonds. The molecule has 1 N–H and O–H groups in total. The van der Waals surface area contributed by atoms with E-state index in [1.54, 1.807) is 0 Å². The van der Waals surface area contributed by atoms with Crippen LogP contribution in [0.3, 0.4) is 0 Å². The zero-order valence-electron chi connectivity index (χ0n) is 16.0. The maximum Gasteiger partial charge on any atom is 0.335 e. The van der Waals surface area contributed by atoms with E-state index in [9.17, 15) is 4.79 Å². The second kappa shape index (κ2) is 8.91. The Morgan fingerprint density at radius 1 is 1.07 bits per heavy atom. The molecule has 0 spiro atoms. The van der Waals surface area contributed by atoms with E-state index < -0.39 is 5.97 Å². The van der Waals surface area contributed by atoms with Crippen molar-refractivity contribution in [3.8, 4) is 5.75 Å². The fourth-order valence-electron chi connectivity index (χ4n) is 2.35. The molecular weight excluding hydrogens is 366 g/mol. The number of hydrogen-bond donors (Lipinski definition) is 1. The topological polar surface area (TPSA) is 68.1 Å². The van der Waals surface area contributed by atoms with E-state index in [1.807, 2.05) is 19.1 Å². The molecule has 0 aliphatic heterocycles. The number of rotatable bonds is 7. The lowest BCUT2D eigenvalue weighted by molar-refractivity contribution is 0.0696. The summed E-state index contributed by atoms with van der Waals surface area (Å²) < 4.78 is 5.49. The molecule has 0 radical (unpaired) electrons. The van der Waals surface area contributed by atoms with Gasteiger partial charge in [-0.05, 0) is 41.7 Å². The lowest BCUT2D eigenvalue weighted by atomic mass is 9.86. The van der Waals surface area contributed by atoms with Gasteiger partial charge in [0.15, 0.2) is 6.61 Å². The molecule has 0 fully saturated rings. The first-order chi connectivity index (χ1) is 12.7. The number of carboxylic acid groups (broad SMARTS) is 1. The molecule has 0 unspecified atom stereocenters. The Balaban J connectivity index is 1.84. The molecule has 2 aromatic carbocycles. The molecule has 0 aromatic heterocycles. The van der Waals surface area contributed by atoms with Crippen LogP contribution in [-0.2, 0) is 10.3 Å². The first kappa shape index (κ1) is 20.8. The van der Waals surface area contributed by atoms with Crippen LogP contribution in [0.15, 0.2) is 47.6 Å². The van der Waals surface area contributed by atoms with E-state index in [4.69, 9.17) is 26.3 Å². The maximum atomic E-state index is 10.9. The molecule has 0 saturated carbocycles. The highest BCUT2D eigenvalue weighted by Crippen LogP contribution is 2.25. The summed E-state index contributed by atoms with van der Waals surface area (Å²) in [7, 11) is 0. The minimum absolute atomic E-state index is 0.112. The first-order valence-electron chi connectivity index (χ1n) is 8.61. The smallest absolute Gasteiger partial charge is 0.335 e. The van der Waals surface area contributed by atoms with E-state index in [2.05, 4.69) is 38.1 Å². The molecule has 2 rings (SSSR count). The summed E-state index contributed by atoms with van der Waals surface area (Å²) in [5, 5.41) is 13.3. The van der Waals surface area contributed by atoms with Gasteiger partial charge in [0.2, 0.25) is 0 Å². The zero-order valence-corrected chi connectivity index (χ0v) is 16.7. The normalized spacial score (nSPS) is 12.0. The van der Waals surface area contributed by atoms with Crippen LogP contribution < -0.4 is 4.74 Å². The van der Waals surface area contributed by atoms with Crippen LogP contribution >= 0.6 is 11.6 Å². The van der Waals surface area contributed by atoms with Gasteiger partial charge in [0.25, 0.3) is 0 Å². The Kier molecular flexibility index (Phi) is 6.86. The third kappa shape index (κ3) is 6.00. The summed E-state index contributed by atoms with van der Waals surface area (Å²) in [5.74, 6) is -0.629. The van der Waals surface area contributed by atoms with Crippen molar-refractivity contribution in [2.24, 2.45) is 5.16 Å². The lowest BCUT2D eigenvalue weighted by Gasteiger charge is -2.19. The van der Waals surface area contributed by atoms with Crippen molar-refractivity contribution in [1.82, 2.24) is 0 Å². The number of ether oxygens (including phenoxy) is 1. The van der Waals surface area contributed by atoms with E-state index in [0.717, 1.165) is 11.3 Å². The highest BCUT2D eigenvalue weighted by molar-refractivity contribution is 6.32. The number of carboxylic acids is 1. The maximum absolute atomic E-state index is 10.9. The minimum Gasteiger partial charge on any atom is -0.488 e. The van der Waals surface area contributed by atoms with Gasteiger partial charge in [0.05, 0.1) is 16.3 Å². The van der Waals surface area contributed by atoms with Crippen molar-refractivity contribution in [2.75, 3.05) is 13.2 Å². The van der Waals surface area contributed by atoms with Crippen LogP contribution in [0.5, 0.6) is 5.75 Å². The molecule has 27 heavy (non-hydrogen) atoms. The standard InChI is InChI=1S/C21H24ClNO4/c1-14(15-5-8-17(9-6-15)21(2,3)4)23-27-12-11-26-19-10-7-16(20(24)25)13-18(19)22/h5-10,13H,11-12H2,1-4H3,(H,24,25)/b23-14+. The van der Waals surface area contributed by atoms with Gasteiger partial charge >= 0.3 is 5.97 Å². The Morgan fingerprint density at radius 3 is 2.26 bits per heavy atom. The average molecular weight is 390 g/mol. The number of halogens is 1. The fourth-order valence-corrected chi connectivity index (χ4v) is 2.58. The van der Waals surface area contributed by atoms with Gasteiger partial charge in [-0.2, -0.15) is 0 Å². The van der Waals surface area contributed by atoms with Gasteiger partial charge in [-0.1, -0.05) is 61.8 Å². The van der Waals surface area contributed by atoms with Crippen LogP contribution in [-0.4, -0.2) is 30.0 Å². The van der Waals surface area contributed by atoms with Crippen molar-refractivity contribution in [2.45, 2.75) is 33.1 Å². The van der Waals surface area contributed by atoms with Crippen molar-refractivity contribution in [3.63, 3.8) is 0 Å². The summed E-state index contributed by atoms with van der Waals surface area (Å²) in [6.45, 7) is 8.89. The highest BCUT2D eigenvalue weighted by Gasteiger charge is 2.13. The number of carbonyl (C=O) groups is 1. The van der Waals surface area contributed by atoms with Gasteiger partial charge in [-0.15, -0.1) is 0 Å². The number of nitrogens with zero attached hydrogens (tertiary/aromatic N) is 1. The number of benzene rings is 2. The van der Waals surface area contributed by atoms with Gasteiger partial charge in [0, 0.05) is 0 Å². The summed E-state index contributed by atoms with van der Waals surface area (Å²) in [6, 6.07) is 12.6. The zero-order chi connectivity index (χ0) is 20.0. The molecule has 0 aliphatic rings. The minimum atomic E-state index is -1.04. The second-order valence-corrected chi connectivity index (χ2v) is 7.54. The Labute approximate surface area is 164 Å². The van der Waals surface area contributed by atoms with Crippen LogP contribution in [0, 0.1) is 0 Å². The first-order valence-corrected chi connectivity index (χ1v) is 8.99. The highest BCUT2D eigenvalue weighted by atomic mass is 35.5. The monoisotopic (exact) mass is 389 g/mol. The predicted molar refractivity (Wildman–Crippen MR) is 107 cm³/mol. The van der Waals surface area contributed by atoms with Crippen molar-refractivity contribution < 1.29 is 19.5 Å². The summed E-state index contributed by atoms with van der Waals surface area (Å²) in [5.41, 5.74) is 3.26. The molecular formula is C21H24ClNO4. The Morgan fingerprint density at radius 2 is 1.70 bits per heavy atom. The molecule has 2 aromatic rings. The van der Waals surface area contributed by atoms with Crippen LogP contribution in [0.25, 0.3) is 0 Å². The molecule has 0 bridgehead atoms. The fraction of sp³-hybridized carbons (Fsp3) is 0.333. The predicted octanol–water partition coefficient (Wildman–Crippen LogP) is 5.16. The van der Waals surface area contributed by atoms with Crippen LogP contribution in [0.4, 0.5) is 0 Å². The van der Waals surface area contributed by atoms with E-state index >= 15 is 0 Å². The molecule has 0 saturated heterocycles.